The second kappa shape index (κ2) is 9.18. The van der Waals surface area contributed by atoms with Crippen molar-refractivity contribution in [2.75, 3.05) is 7.05 Å². The number of para-hydroxylation sites is 1. The lowest BCUT2D eigenvalue weighted by atomic mass is 10.2. The molecular weight excluding hydrogens is 404 g/mol. The molecule has 2 amide bonds. The number of hydrogen-bond acceptors (Lipinski definition) is 4. The minimum absolute atomic E-state index is 0.102. The Kier molecular flexibility index (Phi) is 5.98. The summed E-state index contributed by atoms with van der Waals surface area (Å²) in [4.78, 5) is 25.6. The first-order chi connectivity index (χ1) is 15.5. The normalized spacial score (nSPS) is 10.5. The molecule has 160 valence electrons. The topological polar surface area (TPSA) is 90.4 Å². The van der Waals surface area contributed by atoms with Crippen LogP contribution in [-0.2, 0) is 6.54 Å². The molecule has 7 heteroatoms. The first-order valence-electron chi connectivity index (χ1n) is 10.0. The number of ether oxygens (including phenoxy) is 1. The van der Waals surface area contributed by atoms with Crippen molar-refractivity contribution >= 4 is 11.8 Å². The Morgan fingerprint density at radius 3 is 2.09 bits per heavy atom. The summed E-state index contributed by atoms with van der Waals surface area (Å²) in [5, 5.41) is 4.37. The van der Waals surface area contributed by atoms with Gasteiger partial charge >= 0.3 is 0 Å². The highest BCUT2D eigenvalue weighted by molar-refractivity contribution is 5.94. The number of hydrogen-bond donors (Lipinski definition) is 1. The van der Waals surface area contributed by atoms with E-state index in [9.17, 15) is 9.59 Å². The number of nitrogens with zero attached hydrogens (tertiary/aromatic N) is 3. The zero-order chi connectivity index (χ0) is 22.5. The van der Waals surface area contributed by atoms with Crippen LogP contribution in [0, 0.1) is 0 Å². The molecule has 0 atom stereocenters. The smallest absolute Gasteiger partial charge is 0.253 e. The van der Waals surface area contributed by atoms with Crippen molar-refractivity contribution in [2.45, 2.75) is 6.54 Å². The molecule has 0 aliphatic carbocycles. The Morgan fingerprint density at radius 2 is 1.50 bits per heavy atom. The molecule has 4 rings (SSSR count). The van der Waals surface area contributed by atoms with E-state index in [0.717, 1.165) is 11.3 Å². The van der Waals surface area contributed by atoms with Gasteiger partial charge in [0.05, 0.1) is 11.9 Å². The third-order valence-corrected chi connectivity index (χ3v) is 4.90. The van der Waals surface area contributed by atoms with Crippen molar-refractivity contribution < 1.29 is 14.3 Å². The fourth-order valence-corrected chi connectivity index (χ4v) is 3.22. The number of nitrogens with two attached hydrogens (primary N) is 1. The summed E-state index contributed by atoms with van der Waals surface area (Å²) in [5.41, 5.74) is 8.11. The van der Waals surface area contributed by atoms with Crippen molar-refractivity contribution in [1.82, 2.24) is 14.7 Å². The summed E-state index contributed by atoms with van der Waals surface area (Å²) in [6.07, 6.45) is 3.68. The molecule has 0 bridgehead atoms. The van der Waals surface area contributed by atoms with Crippen molar-refractivity contribution in [3.8, 4) is 17.2 Å². The summed E-state index contributed by atoms with van der Waals surface area (Å²) >= 11 is 0. The molecule has 2 N–H and O–H groups in total. The van der Waals surface area contributed by atoms with Gasteiger partial charge in [-0.3, -0.25) is 9.59 Å². The zero-order valence-corrected chi connectivity index (χ0v) is 17.5. The molecular formula is C25H22N4O3. The zero-order valence-electron chi connectivity index (χ0n) is 17.5. The van der Waals surface area contributed by atoms with Crippen LogP contribution in [0.2, 0.25) is 0 Å². The monoisotopic (exact) mass is 426 g/mol. The summed E-state index contributed by atoms with van der Waals surface area (Å²) in [6.45, 7) is 0.441. The highest BCUT2D eigenvalue weighted by Gasteiger charge is 2.13. The number of aromatic nitrogens is 2. The van der Waals surface area contributed by atoms with E-state index < -0.39 is 5.91 Å². The molecule has 0 aliphatic rings. The average molecular weight is 426 g/mol. The van der Waals surface area contributed by atoms with E-state index in [4.69, 9.17) is 10.5 Å². The minimum atomic E-state index is -0.490. The standard InChI is InChI=1S/C25H22N4O3/c1-28(16-18-15-27-29(17-18)21-5-3-2-4-6-21)25(31)20-9-13-23(14-10-20)32-22-11-7-19(8-12-22)24(26)30/h2-15,17H,16H2,1H3,(H2,26,30). The van der Waals surface area contributed by atoms with E-state index in [1.54, 1.807) is 71.4 Å². The maximum absolute atomic E-state index is 12.8. The van der Waals surface area contributed by atoms with Gasteiger partial charge in [0.2, 0.25) is 5.91 Å². The quantitative estimate of drug-likeness (QED) is 0.483. The Bertz CT molecular complexity index is 1220. The van der Waals surface area contributed by atoms with Crippen LogP contribution in [0.15, 0.2) is 91.3 Å². The Balaban J connectivity index is 1.38. The van der Waals surface area contributed by atoms with Gasteiger partial charge in [-0.25, -0.2) is 4.68 Å². The third kappa shape index (κ3) is 4.84. The van der Waals surface area contributed by atoms with Gasteiger partial charge in [0.15, 0.2) is 0 Å². The van der Waals surface area contributed by atoms with Crippen molar-refractivity contribution in [1.29, 1.82) is 0 Å². The van der Waals surface area contributed by atoms with Crippen molar-refractivity contribution in [2.24, 2.45) is 5.73 Å². The van der Waals surface area contributed by atoms with Crippen LogP contribution in [0.4, 0.5) is 0 Å². The summed E-state index contributed by atoms with van der Waals surface area (Å²) in [5.74, 6) is 0.563. The van der Waals surface area contributed by atoms with Crippen LogP contribution >= 0.6 is 0 Å². The average Bonchev–Trinajstić information content (AvgIpc) is 3.28. The van der Waals surface area contributed by atoms with E-state index in [2.05, 4.69) is 5.10 Å². The van der Waals surface area contributed by atoms with Gasteiger partial charge in [-0.05, 0) is 60.7 Å². The molecule has 0 unspecified atom stereocenters. The molecule has 0 aliphatic heterocycles. The molecule has 3 aromatic carbocycles. The van der Waals surface area contributed by atoms with Gasteiger partial charge < -0.3 is 15.4 Å². The molecule has 0 saturated carbocycles. The molecule has 4 aromatic rings. The van der Waals surface area contributed by atoms with Crippen LogP contribution in [0.5, 0.6) is 11.5 Å². The number of rotatable bonds is 7. The van der Waals surface area contributed by atoms with E-state index in [1.165, 1.54) is 0 Å². The van der Waals surface area contributed by atoms with Crippen LogP contribution in [0.1, 0.15) is 26.3 Å². The second-order valence-electron chi connectivity index (χ2n) is 7.30. The largest absolute Gasteiger partial charge is 0.457 e. The third-order valence-electron chi connectivity index (χ3n) is 4.90. The van der Waals surface area contributed by atoms with Gasteiger partial charge in [0, 0.05) is 36.5 Å². The molecule has 1 heterocycles. The van der Waals surface area contributed by atoms with Crippen LogP contribution in [0.3, 0.4) is 0 Å². The minimum Gasteiger partial charge on any atom is -0.457 e. The lowest BCUT2D eigenvalue weighted by Gasteiger charge is -2.16. The molecule has 0 radical (unpaired) electrons. The van der Waals surface area contributed by atoms with Gasteiger partial charge in [0.1, 0.15) is 11.5 Å². The van der Waals surface area contributed by atoms with E-state index in [0.29, 0.717) is 29.2 Å². The van der Waals surface area contributed by atoms with Gasteiger partial charge in [-0.15, -0.1) is 0 Å². The maximum atomic E-state index is 12.8. The van der Waals surface area contributed by atoms with E-state index >= 15 is 0 Å². The Hall–Kier alpha value is -4.39. The van der Waals surface area contributed by atoms with Crippen LogP contribution in [0.25, 0.3) is 5.69 Å². The summed E-state index contributed by atoms with van der Waals surface area (Å²) < 4.78 is 7.55. The number of amides is 2. The lowest BCUT2D eigenvalue weighted by molar-refractivity contribution is 0.0785. The van der Waals surface area contributed by atoms with Crippen LogP contribution < -0.4 is 10.5 Å². The van der Waals surface area contributed by atoms with Crippen molar-refractivity contribution in [3.63, 3.8) is 0 Å². The molecule has 0 fully saturated rings. The number of benzene rings is 3. The SMILES string of the molecule is CN(Cc1cnn(-c2ccccc2)c1)C(=O)c1ccc(Oc2ccc(C(N)=O)cc2)cc1. The van der Waals surface area contributed by atoms with Crippen LogP contribution in [-0.4, -0.2) is 33.5 Å². The predicted molar refractivity (Wildman–Crippen MR) is 121 cm³/mol. The second-order valence-corrected chi connectivity index (χ2v) is 7.30. The maximum Gasteiger partial charge on any atom is 0.253 e. The molecule has 32 heavy (non-hydrogen) atoms. The lowest BCUT2D eigenvalue weighted by Crippen LogP contribution is -2.25. The van der Waals surface area contributed by atoms with Gasteiger partial charge in [0.25, 0.3) is 5.91 Å². The Morgan fingerprint density at radius 1 is 0.906 bits per heavy atom. The van der Waals surface area contributed by atoms with Gasteiger partial charge in [-0.2, -0.15) is 5.10 Å². The highest BCUT2D eigenvalue weighted by atomic mass is 16.5. The molecule has 0 spiro atoms. The number of carbonyl (C=O) groups is 2. The molecule has 1 aromatic heterocycles. The van der Waals surface area contributed by atoms with Gasteiger partial charge in [-0.1, -0.05) is 18.2 Å². The van der Waals surface area contributed by atoms with E-state index in [1.807, 2.05) is 36.5 Å². The first-order valence-corrected chi connectivity index (χ1v) is 10.0. The van der Waals surface area contributed by atoms with Crippen molar-refractivity contribution in [3.05, 3.63) is 108 Å². The molecule has 7 nitrogen and oxygen atoms in total. The fourth-order valence-electron chi connectivity index (χ4n) is 3.22. The first kappa shape index (κ1) is 20.9. The summed E-state index contributed by atoms with van der Waals surface area (Å²) in [6, 6.07) is 23.3. The fraction of sp³-hybridized carbons (Fsp3) is 0.0800. The highest BCUT2D eigenvalue weighted by Crippen LogP contribution is 2.22. The Labute approximate surface area is 185 Å². The predicted octanol–water partition coefficient (Wildman–Crippen LogP) is 4.04. The van der Waals surface area contributed by atoms with E-state index in [-0.39, 0.29) is 5.91 Å². The number of primary amides is 1. The summed E-state index contributed by atoms with van der Waals surface area (Å²) in [7, 11) is 1.76. The number of carbonyl (C=O) groups excluding carboxylic acids is 2. The molecule has 0 saturated heterocycles.